The van der Waals surface area contributed by atoms with Gasteiger partial charge in [0.2, 0.25) is 5.91 Å². The van der Waals surface area contributed by atoms with Crippen LogP contribution in [0, 0.1) is 11.8 Å². The molecule has 1 amide bonds. The second-order valence-corrected chi connectivity index (χ2v) is 11.0. The average molecular weight is 512 g/mol. The third-order valence-corrected chi connectivity index (χ3v) is 5.68. The van der Waals surface area contributed by atoms with Crippen LogP contribution in [0.15, 0.2) is 48.5 Å². The molecule has 2 atom stereocenters. The summed E-state index contributed by atoms with van der Waals surface area (Å²) >= 11 is 0. The van der Waals surface area contributed by atoms with E-state index in [-0.39, 0.29) is 11.9 Å². The van der Waals surface area contributed by atoms with Crippen LogP contribution in [0.3, 0.4) is 0 Å². The van der Waals surface area contributed by atoms with E-state index in [1.807, 2.05) is 41.3 Å². The monoisotopic (exact) mass is 511 g/mol. The first kappa shape index (κ1) is 28.8. The number of carbonyl (C=O) groups excluding carboxylic acids is 1. The lowest BCUT2D eigenvalue weighted by molar-refractivity contribution is -0.119. The SMILES string of the molecule is CC(C)C.CC(C)C.O=C1CNCC2COc3ccccc3N12.c1ccc2c(c1)OCC1COCCN21. The highest BCUT2D eigenvalue weighted by Gasteiger charge is 2.34. The molecule has 1 N–H and O–H groups in total. The number of rotatable bonds is 0. The molecule has 0 aromatic heterocycles. The molecular weight excluding hydrogens is 466 g/mol. The number of ether oxygens (including phenoxy) is 3. The highest BCUT2D eigenvalue weighted by molar-refractivity contribution is 5.98. The molecule has 2 fully saturated rings. The van der Waals surface area contributed by atoms with Crippen LogP contribution in [0.4, 0.5) is 11.4 Å². The first-order valence-corrected chi connectivity index (χ1v) is 13.6. The van der Waals surface area contributed by atoms with Gasteiger partial charge in [-0.15, -0.1) is 0 Å². The third-order valence-electron chi connectivity index (χ3n) is 5.68. The number of benzene rings is 2. The van der Waals surface area contributed by atoms with Crippen molar-refractivity contribution in [3.8, 4) is 11.5 Å². The van der Waals surface area contributed by atoms with Gasteiger partial charge in [0.15, 0.2) is 0 Å². The Balaban J connectivity index is 0.000000161. The highest BCUT2D eigenvalue weighted by Crippen LogP contribution is 2.35. The first-order valence-electron chi connectivity index (χ1n) is 13.6. The van der Waals surface area contributed by atoms with Crippen LogP contribution in [0.25, 0.3) is 0 Å². The van der Waals surface area contributed by atoms with Gasteiger partial charge < -0.3 is 29.3 Å². The van der Waals surface area contributed by atoms with Gasteiger partial charge in [0.05, 0.1) is 43.2 Å². The van der Waals surface area contributed by atoms with Gasteiger partial charge in [-0.2, -0.15) is 0 Å². The van der Waals surface area contributed by atoms with Gasteiger partial charge in [-0.1, -0.05) is 65.8 Å². The van der Waals surface area contributed by atoms with E-state index in [2.05, 4.69) is 63.9 Å². The maximum absolute atomic E-state index is 11.8. The molecule has 2 unspecified atom stereocenters. The van der Waals surface area contributed by atoms with E-state index < -0.39 is 0 Å². The van der Waals surface area contributed by atoms with Crippen LogP contribution in [0.5, 0.6) is 11.5 Å². The summed E-state index contributed by atoms with van der Waals surface area (Å²) < 4.78 is 16.7. The standard InChI is InChI=1S/C11H12N2O2.C11H13NO2.2C4H10/c14-11-6-12-5-8-7-15-10-4-2-1-3-9(10)13(8)11;1-2-4-11-10(3-1)12-5-6-13-7-9(12)8-14-11;2*1-4(2)3/h1-4,8,12H,5-7H2;1-4,9H,5-8H2;2*4H,1-3H3. The molecule has 0 radical (unpaired) electrons. The number of carbonyl (C=O) groups is 1. The normalized spacial score (nSPS) is 21.1. The van der Waals surface area contributed by atoms with Crippen molar-refractivity contribution in [1.29, 1.82) is 0 Å². The van der Waals surface area contributed by atoms with E-state index >= 15 is 0 Å². The summed E-state index contributed by atoms with van der Waals surface area (Å²) in [5, 5.41) is 3.09. The van der Waals surface area contributed by atoms with Crippen molar-refractivity contribution in [3.05, 3.63) is 48.5 Å². The number of piperazine rings is 1. The molecule has 2 saturated heterocycles. The van der Waals surface area contributed by atoms with Gasteiger partial charge in [-0.25, -0.2) is 0 Å². The lowest BCUT2D eigenvalue weighted by atomic mass is 10.1. The highest BCUT2D eigenvalue weighted by atomic mass is 16.5. The second-order valence-electron chi connectivity index (χ2n) is 11.0. The molecule has 7 nitrogen and oxygen atoms in total. The maximum Gasteiger partial charge on any atom is 0.241 e. The Bertz CT molecular complexity index is 969. The van der Waals surface area contributed by atoms with Crippen LogP contribution in [-0.4, -0.2) is 64.1 Å². The predicted molar refractivity (Wildman–Crippen MR) is 151 cm³/mol. The molecule has 7 heteroatoms. The minimum atomic E-state index is 0.127. The molecule has 4 aliphatic rings. The predicted octanol–water partition coefficient (Wildman–Crippen LogP) is 4.99. The van der Waals surface area contributed by atoms with E-state index in [9.17, 15) is 4.79 Å². The van der Waals surface area contributed by atoms with E-state index in [0.717, 1.165) is 61.9 Å². The molecule has 0 bridgehead atoms. The fraction of sp³-hybridized carbons (Fsp3) is 0.567. The van der Waals surface area contributed by atoms with E-state index in [0.29, 0.717) is 19.2 Å². The Labute approximate surface area is 223 Å². The van der Waals surface area contributed by atoms with Gasteiger partial charge in [-0.3, -0.25) is 4.79 Å². The van der Waals surface area contributed by atoms with E-state index in [1.165, 1.54) is 5.69 Å². The van der Waals surface area contributed by atoms with Gasteiger partial charge in [0.25, 0.3) is 0 Å². The number of nitrogens with zero attached hydrogens (tertiary/aromatic N) is 2. The lowest BCUT2D eigenvalue weighted by Crippen LogP contribution is -2.58. The molecule has 4 aliphatic heterocycles. The zero-order valence-electron chi connectivity index (χ0n) is 23.4. The Morgan fingerprint density at radius 1 is 0.784 bits per heavy atom. The molecule has 2 aromatic rings. The molecule has 0 spiro atoms. The van der Waals surface area contributed by atoms with E-state index in [1.54, 1.807) is 0 Å². The Hall–Kier alpha value is -2.77. The Morgan fingerprint density at radius 3 is 1.97 bits per heavy atom. The maximum atomic E-state index is 11.8. The summed E-state index contributed by atoms with van der Waals surface area (Å²) in [7, 11) is 0. The fourth-order valence-electron chi connectivity index (χ4n) is 4.27. The van der Waals surface area contributed by atoms with Gasteiger partial charge >= 0.3 is 0 Å². The van der Waals surface area contributed by atoms with Crippen molar-refractivity contribution >= 4 is 17.3 Å². The lowest BCUT2D eigenvalue weighted by Gasteiger charge is -2.41. The average Bonchev–Trinajstić information content (AvgIpc) is 2.88. The molecule has 4 heterocycles. The number of hydrogen-bond donors (Lipinski definition) is 1. The van der Waals surface area contributed by atoms with Crippen LogP contribution in [0.2, 0.25) is 0 Å². The molecule has 0 aliphatic carbocycles. The minimum Gasteiger partial charge on any atom is -0.489 e. The van der Waals surface area contributed by atoms with Gasteiger partial charge in [0.1, 0.15) is 24.7 Å². The minimum absolute atomic E-state index is 0.127. The first-order chi connectivity index (χ1) is 17.8. The number of amides is 1. The van der Waals surface area contributed by atoms with Crippen molar-refractivity contribution in [2.75, 3.05) is 55.9 Å². The summed E-state index contributed by atoms with van der Waals surface area (Å²) in [5.41, 5.74) is 2.12. The summed E-state index contributed by atoms with van der Waals surface area (Å²) in [4.78, 5) is 16.0. The van der Waals surface area contributed by atoms with E-state index in [4.69, 9.17) is 14.2 Å². The molecule has 37 heavy (non-hydrogen) atoms. The number of hydrogen-bond acceptors (Lipinski definition) is 6. The van der Waals surface area contributed by atoms with Crippen molar-refractivity contribution in [2.24, 2.45) is 11.8 Å². The Morgan fingerprint density at radius 2 is 1.32 bits per heavy atom. The van der Waals surface area contributed by atoms with Crippen LogP contribution in [0.1, 0.15) is 41.5 Å². The molecular formula is C30H45N3O4. The largest absolute Gasteiger partial charge is 0.489 e. The smallest absolute Gasteiger partial charge is 0.241 e. The molecule has 204 valence electrons. The number of nitrogens with one attached hydrogen (secondary N) is 1. The van der Waals surface area contributed by atoms with Crippen molar-refractivity contribution in [2.45, 2.75) is 53.6 Å². The number of morpholine rings is 1. The van der Waals surface area contributed by atoms with Crippen LogP contribution in [-0.2, 0) is 9.53 Å². The van der Waals surface area contributed by atoms with Crippen LogP contribution < -0.4 is 24.6 Å². The zero-order valence-corrected chi connectivity index (χ0v) is 23.4. The quantitative estimate of drug-likeness (QED) is 0.538. The van der Waals surface area contributed by atoms with Gasteiger partial charge in [0, 0.05) is 13.1 Å². The van der Waals surface area contributed by atoms with Crippen LogP contribution >= 0.6 is 0 Å². The number of para-hydroxylation sites is 4. The molecule has 0 saturated carbocycles. The summed E-state index contributed by atoms with van der Waals surface area (Å²) in [6.07, 6.45) is 0. The van der Waals surface area contributed by atoms with Crippen molar-refractivity contribution in [3.63, 3.8) is 0 Å². The van der Waals surface area contributed by atoms with Crippen molar-refractivity contribution in [1.82, 2.24) is 5.32 Å². The fourth-order valence-corrected chi connectivity index (χ4v) is 4.27. The van der Waals surface area contributed by atoms with Crippen molar-refractivity contribution < 1.29 is 19.0 Å². The summed E-state index contributed by atoms with van der Waals surface area (Å²) in [6.45, 7) is 18.1. The second kappa shape index (κ2) is 14.2. The molecule has 6 rings (SSSR count). The number of anilines is 2. The summed E-state index contributed by atoms with van der Waals surface area (Å²) in [6, 6.07) is 16.4. The zero-order chi connectivity index (χ0) is 26.8. The summed E-state index contributed by atoms with van der Waals surface area (Å²) in [5.74, 6) is 3.61. The number of fused-ring (bicyclic) bond motifs is 6. The Kier molecular flexibility index (Phi) is 11.1. The third kappa shape index (κ3) is 8.37. The topological polar surface area (TPSA) is 63.3 Å². The van der Waals surface area contributed by atoms with Gasteiger partial charge in [-0.05, 0) is 36.1 Å². The molecule has 2 aromatic carbocycles.